The minimum absolute atomic E-state index is 0.0266. The van der Waals surface area contributed by atoms with Gasteiger partial charge in [-0.3, -0.25) is 0 Å². The highest BCUT2D eigenvalue weighted by atomic mass is 35.5. The van der Waals surface area contributed by atoms with Gasteiger partial charge in [0.05, 0.1) is 22.0 Å². The van der Waals surface area contributed by atoms with Crippen LogP contribution in [0.1, 0.15) is 25.7 Å². The third-order valence-corrected chi connectivity index (χ3v) is 12.1. The zero-order valence-corrected chi connectivity index (χ0v) is 36.2. The Morgan fingerprint density at radius 1 is 0.590 bits per heavy atom. The standard InChI is InChI=1S/C22H24N4O3S.C17H14ClN3O2S.C5H11NO/c1-30(28,29)19-9-7-17(8-10-19)23-20-15-21(26-13-11-18(27)12-14-26)25-22(24-20)16-5-3-2-4-6-16;1-24(22,23)14-9-7-13(8-10-14)19-16-11-15(18)20-17(21-16)12-5-3-2-4-6-12;7-5-1-3-6-4-2-5/h2-10,15,18,27H,11-14H2,1H3,(H,23,24,25);2-11H,1H3,(H,19,20,21);5-7H,1-4H2. The van der Waals surface area contributed by atoms with Gasteiger partial charge in [-0.05, 0) is 87.3 Å². The quantitative estimate of drug-likeness (QED) is 0.0937. The van der Waals surface area contributed by atoms with Crippen LogP contribution in [-0.2, 0) is 19.7 Å². The van der Waals surface area contributed by atoms with Crippen molar-refractivity contribution >= 4 is 60.1 Å². The molecule has 2 aromatic heterocycles. The average Bonchev–Trinajstić information content (AvgIpc) is 3.25. The van der Waals surface area contributed by atoms with E-state index in [1.54, 1.807) is 54.6 Å². The number of anilines is 5. The molecule has 2 aliphatic rings. The number of piperidine rings is 2. The fraction of sp³-hybridized carbons (Fsp3) is 0.273. The topological polar surface area (TPSA) is 200 Å². The van der Waals surface area contributed by atoms with Crippen molar-refractivity contribution in [3.63, 3.8) is 0 Å². The van der Waals surface area contributed by atoms with Crippen LogP contribution in [0.2, 0.25) is 5.15 Å². The molecule has 2 aliphatic heterocycles. The van der Waals surface area contributed by atoms with Crippen LogP contribution < -0.4 is 20.9 Å². The minimum atomic E-state index is -3.24. The lowest BCUT2D eigenvalue weighted by molar-refractivity contribution is 0.137. The van der Waals surface area contributed by atoms with E-state index >= 15 is 0 Å². The van der Waals surface area contributed by atoms with Crippen LogP contribution in [0.3, 0.4) is 0 Å². The van der Waals surface area contributed by atoms with Crippen molar-refractivity contribution in [3.05, 3.63) is 126 Å². The van der Waals surface area contributed by atoms with Gasteiger partial charge in [-0.25, -0.2) is 36.8 Å². The lowest BCUT2D eigenvalue weighted by atomic mass is 10.1. The number of benzene rings is 4. The second kappa shape index (κ2) is 20.9. The zero-order chi connectivity index (χ0) is 43.4. The second-order valence-corrected chi connectivity index (χ2v) is 19.0. The Kier molecular flexibility index (Phi) is 15.4. The summed E-state index contributed by atoms with van der Waals surface area (Å²) >= 11 is 6.08. The van der Waals surface area contributed by atoms with Gasteiger partial charge in [0.25, 0.3) is 0 Å². The predicted molar refractivity (Wildman–Crippen MR) is 241 cm³/mol. The molecule has 0 saturated carbocycles. The van der Waals surface area contributed by atoms with E-state index in [1.165, 1.54) is 12.5 Å². The van der Waals surface area contributed by atoms with Gasteiger partial charge in [-0.1, -0.05) is 72.3 Å². The van der Waals surface area contributed by atoms with E-state index in [0.717, 1.165) is 61.7 Å². The van der Waals surface area contributed by atoms with Gasteiger partial charge in [0, 0.05) is 60.2 Å². The molecule has 14 nitrogen and oxygen atoms in total. The van der Waals surface area contributed by atoms with Gasteiger partial charge in [0.15, 0.2) is 31.3 Å². The average molecular weight is 886 g/mol. The number of hydrogen-bond acceptors (Lipinski definition) is 14. The molecule has 4 aromatic carbocycles. The van der Waals surface area contributed by atoms with E-state index in [2.05, 4.69) is 35.8 Å². The lowest BCUT2D eigenvalue weighted by Crippen LogP contribution is -2.36. The van der Waals surface area contributed by atoms with E-state index in [1.807, 2.05) is 66.7 Å². The number of rotatable bonds is 9. The summed E-state index contributed by atoms with van der Waals surface area (Å²) in [6.45, 7) is 3.44. The van der Waals surface area contributed by atoms with E-state index in [9.17, 15) is 21.9 Å². The van der Waals surface area contributed by atoms with E-state index in [-0.39, 0.29) is 22.0 Å². The predicted octanol–water partition coefficient (Wildman–Crippen LogP) is 6.93. The SMILES string of the molecule is CS(=O)(=O)c1ccc(Nc2cc(Cl)nc(-c3ccccc3)n2)cc1.CS(=O)(=O)c1ccc(Nc2cc(N3CCC(O)CC3)nc(-c3ccccc3)n2)cc1.OC1CCNCC1. The van der Waals surface area contributed by atoms with Crippen molar-refractivity contribution < 1.29 is 27.0 Å². The number of nitrogens with one attached hydrogen (secondary N) is 3. The molecule has 0 aliphatic carbocycles. The van der Waals surface area contributed by atoms with Gasteiger partial charge in [0.1, 0.15) is 22.6 Å². The van der Waals surface area contributed by atoms with Crippen LogP contribution in [-0.4, -0.2) is 97.9 Å². The molecule has 5 N–H and O–H groups in total. The van der Waals surface area contributed by atoms with Crippen molar-refractivity contribution in [2.45, 2.75) is 47.7 Å². The third-order valence-electron chi connectivity index (χ3n) is 9.68. The van der Waals surface area contributed by atoms with Gasteiger partial charge in [-0.15, -0.1) is 0 Å². The highest BCUT2D eigenvalue weighted by Gasteiger charge is 2.20. The Labute approximate surface area is 362 Å². The van der Waals surface area contributed by atoms with Crippen LogP contribution in [0.4, 0.5) is 28.8 Å². The Hall–Kier alpha value is -5.49. The molecule has 0 radical (unpaired) electrons. The maximum absolute atomic E-state index is 11.7. The monoisotopic (exact) mass is 884 g/mol. The molecule has 320 valence electrons. The van der Waals surface area contributed by atoms with Crippen LogP contribution in [0.15, 0.2) is 131 Å². The Balaban J connectivity index is 0.000000179. The molecule has 4 heterocycles. The molecule has 61 heavy (non-hydrogen) atoms. The molecule has 0 unspecified atom stereocenters. The molecular weight excluding hydrogens is 836 g/mol. The van der Waals surface area contributed by atoms with Crippen LogP contribution in [0.25, 0.3) is 22.8 Å². The van der Waals surface area contributed by atoms with E-state index in [4.69, 9.17) is 21.7 Å². The van der Waals surface area contributed by atoms with Crippen molar-refractivity contribution in [1.82, 2.24) is 25.3 Å². The summed E-state index contributed by atoms with van der Waals surface area (Å²) in [4.78, 5) is 20.8. The summed E-state index contributed by atoms with van der Waals surface area (Å²) in [5.74, 6) is 3.07. The lowest BCUT2D eigenvalue weighted by Gasteiger charge is -2.30. The van der Waals surface area contributed by atoms with Crippen LogP contribution in [0.5, 0.6) is 0 Å². The smallest absolute Gasteiger partial charge is 0.175 e. The van der Waals surface area contributed by atoms with Gasteiger partial charge in [-0.2, -0.15) is 0 Å². The fourth-order valence-electron chi connectivity index (χ4n) is 6.34. The minimum Gasteiger partial charge on any atom is -0.393 e. The molecule has 2 saturated heterocycles. The van der Waals surface area contributed by atoms with E-state index < -0.39 is 19.7 Å². The largest absolute Gasteiger partial charge is 0.393 e. The van der Waals surface area contributed by atoms with Crippen LogP contribution in [0, 0.1) is 0 Å². The number of aromatic nitrogens is 4. The second-order valence-electron chi connectivity index (χ2n) is 14.6. The summed E-state index contributed by atoms with van der Waals surface area (Å²) in [5, 5.41) is 28.5. The molecule has 0 bridgehead atoms. The molecule has 2 fully saturated rings. The summed E-state index contributed by atoms with van der Waals surface area (Å²) in [7, 11) is -6.46. The first-order valence-corrected chi connectivity index (χ1v) is 23.9. The summed E-state index contributed by atoms with van der Waals surface area (Å²) in [6.07, 6.45) is 5.35. The highest BCUT2D eigenvalue weighted by molar-refractivity contribution is 7.91. The molecule has 0 amide bonds. The van der Waals surface area contributed by atoms with Crippen LogP contribution >= 0.6 is 11.6 Å². The number of nitrogens with zero attached hydrogens (tertiary/aromatic N) is 5. The molecular formula is C44H49ClN8O6S2. The third kappa shape index (κ3) is 13.8. The summed E-state index contributed by atoms with van der Waals surface area (Å²) in [5.41, 5.74) is 3.21. The Morgan fingerprint density at radius 2 is 1.02 bits per heavy atom. The van der Waals surface area contributed by atoms with Crippen molar-refractivity contribution in [1.29, 1.82) is 0 Å². The maximum atomic E-state index is 11.7. The number of hydrogen-bond donors (Lipinski definition) is 5. The first-order chi connectivity index (χ1) is 29.2. The molecule has 8 rings (SSSR count). The highest BCUT2D eigenvalue weighted by Crippen LogP contribution is 2.28. The van der Waals surface area contributed by atoms with Crippen molar-refractivity contribution in [3.8, 4) is 22.8 Å². The Morgan fingerprint density at radius 3 is 1.44 bits per heavy atom. The normalized spacial score (nSPS) is 14.8. The number of sulfone groups is 2. The summed E-state index contributed by atoms with van der Waals surface area (Å²) in [6, 6.07) is 35.8. The van der Waals surface area contributed by atoms with E-state index in [0.29, 0.717) is 47.0 Å². The molecule has 0 atom stereocenters. The van der Waals surface area contributed by atoms with Gasteiger partial charge >= 0.3 is 0 Å². The van der Waals surface area contributed by atoms with Gasteiger partial charge < -0.3 is 31.1 Å². The first kappa shape index (κ1) is 45.0. The zero-order valence-electron chi connectivity index (χ0n) is 33.8. The number of halogens is 1. The molecule has 0 spiro atoms. The molecule has 6 aromatic rings. The number of aliphatic hydroxyl groups excluding tert-OH is 2. The molecule has 17 heteroatoms. The Bertz CT molecular complexity index is 2560. The number of aliphatic hydroxyl groups is 2. The van der Waals surface area contributed by atoms with Crippen molar-refractivity contribution in [2.24, 2.45) is 0 Å². The maximum Gasteiger partial charge on any atom is 0.175 e. The van der Waals surface area contributed by atoms with Crippen molar-refractivity contribution in [2.75, 3.05) is 54.2 Å². The first-order valence-electron chi connectivity index (χ1n) is 19.7. The summed E-state index contributed by atoms with van der Waals surface area (Å²) < 4.78 is 46.3. The fourth-order valence-corrected chi connectivity index (χ4v) is 7.79. The van der Waals surface area contributed by atoms with Gasteiger partial charge in [0.2, 0.25) is 0 Å².